The van der Waals surface area contributed by atoms with Gasteiger partial charge >= 0.3 is 0 Å². The molecule has 0 nitrogen and oxygen atoms in total. The largest absolute Gasteiger partial charge is 0.103 e. The highest BCUT2D eigenvalue weighted by Crippen LogP contribution is 2.55. The fourth-order valence-corrected chi connectivity index (χ4v) is 8.60. The molecule has 0 heterocycles. The minimum absolute atomic E-state index is 0.538. The second-order valence-electron chi connectivity index (χ2n) is 16.0. The molecule has 4 saturated carbocycles. The summed E-state index contributed by atoms with van der Waals surface area (Å²) in [6.45, 7) is 43.4. The Balaban J connectivity index is 0.000000267. The molecule has 0 unspecified atom stereocenters. The van der Waals surface area contributed by atoms with Crippen LogP contribution in [-0.4, -0.2) is 0 Å². The Labute approximate surface area is 253 Å². The minimum Gasteiger partial charge on any atom is -0.103 e. The average molecular weight is 553 g/mol. The van der Waals surface area contributed by atoms with Gasteiger partial charge in [0, 0.05) is 0 Å². The molecule has 40 heavy (non-hydrogen) atoms. The molecule has 4 aliphatic carbocycles. The predicted molar refractivity (Wildman–Crippen MR) is 183 cm³/mol. The molecule has 0 saturated heterocycles. The zero-order chi connectivity index (χ0) is 31.1. The molecule has 4 aliphatic rings. The third kappa shape index (κ3) is 7.67. The highest BCUT2D eigenvalue weighted by molar-refractivity contribution is 5.05. The lowest BCUT2D eigenvalue weighted by atomic mass is 9.54. The van der Waals surface area contributed by atoms with Crippen molar-refractivity contribution in [3.63, 3.8) is 0 Å². The Hall–Kier alpha value is -1.04. The van der Waals surface area contributed by atoms with Crippen LogP contribution in [-0.2, 0) is 0 Å². The van der Waals surface area contributed by atoms with Gasteiger partial charge in [-0.2, -0.15) is 0 Å². The summed E-state index contributed by atoms with van der Waals surface area (Å²) in [6, 6.07) is 0. The first-order chi connectivity index (χ1) is 18.5. The quantitative estimate of drug-likeness (QED) is 0.263. The van der Waals surface area contributed by atoms with E-state index in [1.165, 1.54) is 51.4 Å². The van der Waals surface area contributed by atoms with E-state index in [0.29, 0.717) is 21.7 Å². The summed E-state index contributed by atoms with van der Waals surface area (Å²) in [5.74, 6) is 6.86. The van der Waals surface area contributed by atoms with Gasteiger partial charge in [0.15, 0.2) is 0 Å². The van der Waals surface area contributed by atoms with Gasteiger partial charge in [-0.05, 0) is 94.7 Å². The first kappa shape index (κ1) is 37.0. The lowest BCUT2D eigenvalue weighted by Crippen LogP contribution is -2.43. The normalized spacial score (nSPS) is 36.7. The van der Waals surface area contributed by atoms with E-state index in [1.54, 1.807) is 0 Å². The SMILES string of the molecule is C=C[C@@H]1C[C@@H](CC)C1(C)C.C=C[C@@H]1C[C@H](CC)C1(C)C.C=C[C@H]1C[C@@H](CC)C1(C)C.C=C[C@H]1C[C@H](CC)C1(C)C. The Bertz CT molecular complexity index is 668. The maximum absolute atomic E-state index is 3.85. The molecule has 0 aromatic carbocycles. The van der Waals surface area contributed by atoms with Crippen molar-refractivity contribution in [3.8, 4) is 0 Å². The molecule has 4 rings (SSSR count). The Kier molecular flexibility index (Phi) is 13.8. The van der Waals surface area contributed by atoms with E-state index in [2.05, 4.69) is 134 Å². The summed E-state index contributed by atoms with van der Waals surface area (Å²) in [4.78, 5) is 0. The van der Waals surface area contributed by atoms with Gasteiger partial charge in [-0.3, -0.25) is 0 Å². The van der Waals surface area contributed by atoms with Crippen LogP contribution in [0.3, 0.4) is 0 Å². The van der Waals surface area contributed by atoms with E-state index in [4.69, 9.17) is 0 Å². The van der Waals surface area contributed by atoms with Crippen LogP contribution >= 0.6 is 0 Å². The lowest BCUT2D eigenvalue weighted by molar-refractivity contribution is 0.00945. The molecule has 232 valence electrons. The monoisotopic (exact) mass is 553 g/mol. The van der Waals surface area contributed by atoms with Crippen molar-refractivity contribution < 1.29 is 0 Å². The van der Waals surface area contributed by atoms with Crippen LogP contribution in [0, 0.1) is 69.0 Å². The molecular formula is C40H72. The summed E-state index contributed by atoms with van der Waals surface area (Å²) in [6.07, 6.45) is 19.3. The van der Waals surface area contributed by atoms with Crippen molar-refractivity contribution in [2.75, 3.05) is 0 Å². The van der Waals surface area contributed by atoms with E-state index < -0.39 is 0 Å². The van der Waals surface area contributed by atoms with E-state index in [0.717, 1.165) is 47.3 Å². The molecule has 0 aromatic rings. The summed E-state index contributed by atoms with van der Waals surface area (Å²) in [7, 11) is 0. The topological polar surface area (TPSA) is 0 Å². The number of hydrogen-bond donors (Lipinski definition) is 0. The summed E-state index contributed by atoms with van der Waals surface area (Å²) >= 11 is 0. The fourth-order valence-electron chi connectivity index (χ4n) is 8.60. The maximum Gasteiger partial charge on any atom is -0.0179 e. The maximum atomic E-state index is 3.85. The third-order valence-corrected chi connectivity index (χ3v) is 13.3. The third-order valence-electron chi connectivity index (χ3n) is 13.3. The van der Waals surface area contributed by atoms with Crippen molar-refractivity contribution in [2.45, 2.75) is 134 Å². The molecule has 0 bridgehead atoms. The van der Waals surface area contributed by atoms with Gasteiger partial charge in [-0.15, -0.1) is 26.3 Å². The number of hydrogen-bond acceptors (Lipinski definition) is 0. The smallest absolute Gasteiger partial charge is 0.0179 e. The average Bonchev–Trinajstić information content (AvgIpc) is 2.89. The van der Waals surface area contributed by atoms with E-state index in [1.807, 2.05) is 0 Å². The summed E-state index contributed by atoms with van der Waals surface area (Å²) < 4.78 is 0. The van der Waals surface area contributed by atoms with Gasteiger partial charge in [0.1, 0.15) is 0 Å². The lowest BCUT2D eigenvalue weighted by Gasteiger charge is -2.51. The van der Waals surface area contributed by atoms with Crippen LogP contribution < -0.4 is 0 Å². The van der Waals surface area contributed by atoms with Crippen LogP contribution in [0.25, 0.3) is 0 Å². The summed E-state index contributed by atoms with van der Waals surface area (Å²) in [5, 5.41) is 0. The predicted octanol–water partition coefficient (Wildman–Crippen LogP) is 13.0. The van der Waals surface area contributed by atoms with E-state index >= 15 is 0 Å². The molecule has 0 radical (unpaired) electrons. The standard InChI is InChI=1S/4C10H18/c4*1-5-8-7-9(6-2)10(8,3)4/h4*5,8-9H,1,6-7H2,2-4H3/t2*8-,9+;2*8-,9-/m1010/s1. The second-order valence-corrected chi connectivity index (χ2v) is 16.0. The van der Waals surface area contributed by atoms with Crippen LogP contribution in [0.4, 0.5) is 0 Å². The Morgan fingerprint density at radius 2 is 0.550 bits per heavy atom. The van der Waals surface area contributed by atoms with Gasteiger partial charge in [-0.1, -0.05) is 133 Å². The number of allylic oxidation sites excluding steroid dienone is 4. The molecule has 0 amide bonds. The van der Waals surface area contributed by atoms with Crippen molar-refractivity contribution in [1.29, 1.82) is 0 Å². The van der Waals surface area contributed by atoms with Crippen LogP contribution in [0.15, 0.2) is 50.6 Å². The van der Waals surface area contributed by atoms with E-state index in [9.17, 15) is 0 Å². The molecule has 8 atom stereocenters. The van der Waals surface area contributed by atoms with Crippen LogP contribution in [0.2, 0.25) is 0 Å². The molecule has 4 fully saturated rings. The van der Waals surface area contributed by atoms with Crippen LogP contribution in [0.1, 0.15) is 134 Å². The molecule has 0 aromatic heterocycles. The Morgan fingerprint density at radius 3 is 0.625 bits per heavy atom. The van der Waals surface area contributed by atoms with Crippen molar-refractivity contribution >= 4 is 0 Å². The van der Waals surface area contributed by atoms with Crippen molar-refractivity contribution in [3.05, 3.63) is 50.6 Å². The number of rotatable bonds is 8. The highest BCUT2D eigenvalue weighted by atomic mass is 14.5. The highest BCUT2D eigenvalue weighted by Gasteiger charge is 2.46. The van der Waals surface area contributed by atoms with Crippen LogP contribution in [0.5, 0.6) is 0 Å². The zero-order valence-electron chi connectivity index (χ0n) is 29.4. The molecule has 0 heteroatoms. The summed E-state index contributed by atoms with van der Waals surface area (Å²) in [5.41, 5.74) is 2.15. The Morgan fingerprint density at radius 1 is 0.400 bits per heavy atom. The van der Waals surface area contributed by atoms with Gasteiger partial charge < -0.3 is 0 Å². The van der Waals surface area contributed by atoms with Crippen molar-refractivity contribution in [1.82, 2.24) is 0 Å². The first-order valence-corrected chi connectivity index (χ1v) is 17.0. The van der Waals surface area contributed by atoms with Gasteiger partial charge in [-0.25, -0.2) is 0 Å². The molecule has 0 N–H and O–H groups in total. The molecular weight excluding hydrogens is 480 g/mol. The first-order valence-electron chi connectivity index (χ1n) is 17.0. The van der Waals surface area contributed by atoms with Crippen molar-refractivity contribution in [2.24, 2.45) is 69.0 Å². The molecule has 0 aliphatic heterocycles. The second kappa shape index (κ2) is 14.9. The van der Waals surface area contributed by atoms with Gasteiger partial charge in [0.25, 0.3) is 0 Å². The minimum atomic E-state index is 0.538. The molecule has 0 spiro atoms. The van der Waals surface area contributed by atoms with E-state index in [-0.39, 0.29) is 0 Å². The fraction of sp³-hybridized carbons (Fsp3) is 0.800. The van der Waals surface area contributed by atoms with Gasteiger partial charge in [0.05, 0.1) is 0 Å². The zero-order valence-corrected chi connectivity index (χ0v) is 29.4. The van der Waals surface area contributed by atoms with Gasteiger partial charge in [0.2, 0.25) is 0 Å².